The summed E-state index contributed by atoms with van der Waals surface area (Å²) in [5.74, 6) is -2.47. The van der Waals surface area contributed by atoms with Crippen molar-refractivity contribution in [3.05, 3.63) is 36.0 Å². The monoisotopic (exact) mass is 1050 g/mol. The number of amides is 4. The molecule has 0 spiro atoms. The Hall–Kier alpha value is -4.30. The second-order valence-electron chi connectivity index (χ2n) is 21.3. The molecule has 0 aliphatic carbocycles. The average molecular weight is 1050 g/mol. The van der Waals surface area contributed by atoms with Crippen molar-refractivity contribution in [3.63, 3.8) is 0 Å². The normalized spacial score (nSPS) is 13.4. The van der Waals surface area contributed by atoms with Crippen LogP contribution in [0.5, 0.6) is 0 Å². The maximum absolute atomic E-state index is 13.5. The van der Waals surface area contributed by atoms with Crippen LogP contribution in [-0.4, -0.2) is 96.1 Å². The Morgan fingerprint density at radius 2 is 1.16 bits per heavy atom. The molecule has 0 saturated heterocycles. The van der Waals surface area contributed by atoms with Gasteiger partial charge in [0.1, 0.15) is 18.2 Å². The van der Waals surface area contributed by atoms with Gasteiger partial charge >= 0.3 is 5.97 Å². The Morgan fingerprint density at radius 3 is 1.75 bits per heavy atom. The van der Waals surface area contributed by atoms with Gasteiger partial charge in [-0.1, -0.05) is 200 Å². The number of carbonyl (C=O) groups is 6. The van der Waals surface area contributed by atoms with E-state index >= 15 is 0 Å². The van der Waals surface area contributed by atoms with Gasteiger partial charge in [0.05, 0.1) is 38.8 Å². The van der Waals surface area contributed by atoms with Gasteiger partial charge < -0.3 is 40.8 Å². The highest BCUT2D eigenvalue weighted by atomic mass is 16.5. The molecule has 0 saturated carbocycles. The first kappa shape index (κ1) is 66.8. The Balaban J connectivity index is 1.97. The molecule has 0 aliphatic heterocycles. The molecule has 75 heavy (non-hydrogen) atoms. The van der Waals surface area contributed by atoms with Gasteiger partial charge in [0.2, 0.25) is 23.6 Å². The number of carbonyl (C=O) groups excluding carboxylic acids is 6. The number of unbranched alkanes of at least 4 members (excludes halogenated alkanes) is 22. The maximum atomic E-state index is 13.5. The fourth-order valence-corrected chi connectivity index (χ4v) is 9.57. The fraction of sp³-hybridized carbons (Fsp3) is 0.770. The summed E-state index contributed by atoms with van der Waals surface area (Å²) in [4.78, 5) is 82.7. The third-order valence-electron chi connectivity index (χ3n) is 14.6. The number of rotatable bonds is 49. The van der Waals surface area contributed by atoms with Gasteiger partial charge in [0.15, 0.2) is 5.78 Å². The standard InChI is InChI=1S/C61H105N5O9/c1-6-10-13-16-18-20-21-23-24-27-30-37-56(69)64-50(47-74-42-41-51(34-29-26-15-12-8-3)75-59(72)38-31-28-25-22-19-17-14-11-7-2)39-40-55(68)54(46-67)65-58(71)45-63-61(73)60(48(5)9-4)66-57(70)43-49-44-62-53-36-33-32-35-52(49)53/h32-33,35-36,44,48,50-51,54,60,62,67H,6-31,34,37-43,45-47H2,1-5H3,(H,63,73)(H,64,69)(H,65,71)(H,66,70)/t48-,50-,51+,54-,60-/m0/s1. The first-order chi connectivity index (χ1) is 36.4. The van der Waals surface area contributed by atoms with Crippen LogP contribution in [0.3, 0.4) is 0 Å². The lowest BCUT2D eigenvalue weighted by atomic mass is 9.97. The van der Waals surface area contributed by atoms with Crippen LogP contribution in [0.1, 0.15) is 246 Å². The number of aliphatic hydroxyl groups is 1. The first-order valence-electron chi connectivity index (χ1n) is 30.1. The van der Waals surface area contributed by atoms with Crippen LogP contribution in [0.15, 0.2) is 30.5 Å². The predicted molar refractivity (Wildman–Crippen MR) is 303 cm³/mol. The van der Waals surface area contributed by atoms with Crippen LogP contribution < -0.4 is 21.3 Å². The number of ether oxygens (including phenoxy) is 2. The molecule has 0 unspecified atom stereocenters. The molecule has 14 heteroatoms. The highest BCUT2D eigenvalue weighted by Crippen LogP contribution is 2.20. The lowest BCUT2D eigenvalue weighted by Crippen LogP contribution is -2.53. The van der Waals surface area contributed by atoms with Crippen LogP contribution >= 0.6 is 0 Å². The van der Waals surface area contributed by atoms with Crippen LogP contribution in [0.2, 0.25) is 0 Å². The summed E-state index contributed by atoms with van der Waals surface area (Å²) >= 11 is 0. The number of H-pyrrole nitrogens is 1. The van der Waals surface area contributed by atoms with Crippen molar-refractivity contribution in [2.75, 3.05) is 26.4 Å². The van der Waals surface area contributed by atoms with E-state index in [1.807, 2.05) is 38.1 Å². The Morgan fingerprint density at radius 1 is 0.600 bits per heavy atom. The predicted octanol–water partition coefficient (Wildman–Crippen LogP) is 12.0. The number of esters is 1. The molecule has 4 amide bonds. The molecule has 428 valence electrons. The molecule has 0 fully saturated rings. The smallest absolute Gasteiger partial charge is 0.306 e. The van der Waals surface area contributed by atoms with Gasteiger partial charge in [0.25, 0.3) is 0 Å². The summed E-state index contributed by atoms with van der Waals surface area (Å²) in [6.45, 7) is 9.76. The molecule has 0 radical (unpaired) electrons. The fourth-order valence-electron chi connectivity index (χ4n) is 9.57. The van der Waals surface area contributed by atoms with Crippen LogP contribution in [-0.2, 0) is 44.7 Å². The number of aromatic amines is 1. The van der Waals surface area contributed by atoms with Crippen LogP contribution in [0.25, 0.3) is 10.9 Å². The van der Waals surface area contributed by atoms with Crippen molar-refractivity contribution < 1.29 is 43.3 Å². The summed E-state index contributed by atoms with van der Waals surface area (Å²) in [6, 6.07) is 5.03. The molecule has 1 heterocycles. The van der Waals surface area contributed by atoms with Gasteiger partial charge in [-0.2, -0.15) is 0 Å². The second kappa shape index (κ2) is 43.8. The molecule has 5 atom stereocenters. The topological polar surface area (TPSA) is 205 Å². The number of Topliss-reactive ketones (excluding diaryl/α,β-unsaturated/α-hetero) is 1. The molecule has 2 aromatic rings. The number of aliphatic hydroxyl groups excluding tert-OH is 1. The third kappa shape index (κ3) is 32.1. The SMILES string of the molecule is CCCCCCCCCCCCCC(=O)N[C@@H](CCC(=O)[C@H](CO)NC(=O)CNC(=O)[C@@H](NC(=O)Cc1c[nH]c2ccccc12)[C@@H](C)CC)COCC[C@@H](CCCCCCC)OC(=O)CCCCCCCCCCC. The van der Waals surface area contributed by atoms with Crippen molar-refractivity contribution in [2.45, 2.75) is 271 Å². The Labute approximate surface area is 453 Å². The van der Waals surface area contributed by atoms with Crippen molar-refractivity contribution in [1.82, 2.24) is 26.3 Å². The molecule has 14 nitrogen and oxygen atoms in total. The molecule has 6 N–H and O–H groups in total. The van der Waals surface area contributed by atoms with Crippen LogP contribution in [0, 0.1) is 5.92 Å². The summed E-state index contributed by atoms with van der Waals surface area (Å²) in [7, 11) is 0. The Bertz CT molecular complexity index is 1840. The number of ketones is 1. The van der Waals surface area contributed by atoms with Crippen molar-refractivity contribution >= 4 is 46.3 Å². The largest absolute Gasteiger partial charge is 0.462 e. The van der Waals surface area contributed by atoms with E-state index in [0.29, 0.717) is 32.3 Å². The second-order valence-corrected chi connectivity index (χ2v) is 21.3. The van der Waals surface area contributed by atoms with Gasteiger partial charge in [0, 0.05) is 42.8 Å². The summed E-state index contributed by atoms with van der Waals surface area (Å²) in [5.41, 5.74) is 1.71. The zero-order valence-electron chi connectivity index (χ0n) is 47.6. The molecular weight excluding hydrogens is 947 g/mol. The number of para-hydroxylation sites is 1. The van der Waals surface area contributed by atoms with Crippen molar-refractivity contribution in [2.24, 2.45) is 5.92 Å². The number of hydrogen-bond donors (Lipinski definition) is 6. The summed E-state index contributed by atoms with van der Waals surface area (Å²) < 4.78 is 12.2. The lowest BCUT2D eigenvalue weighted by molar-refractivity contribution is -0.150. The zero-order valence-corrected chi connectivity index (χ0v) is 47.6. The summed E-state index contributed by atoms with van der Waals surface area (Å²) in [6.07, 6.45) is 33.5. The van der Waals surface area contributed by atoms with E-state index in [1.54, 1.807) is 6.20 Å². The third-order valence-corrected chi connectivity index (χ3v) is 14.6. The number of benzene rings is 1. The van der Waals surface area contributed by atoms with Crippen molar-refractivity contribution in [3.8, 4) is 0 Å². The van der Waals surface area contributed by atoms with Gasteiger partial charge in [-0.25, -0.2) is 0 Å². The molecule has 0 aliphatic rings. The molecule has 0 bridgehead atoms. The highest BCUT2D eigenvalue weighted by molar-refractivity contribution is 5.94. The van der Waals surface area contributed by atoms with E-state index in [0.717, 1.165) is 87.1 Å². The minimum atomic E-state index is -1.23. The van der Waals surface area contributed by atoms with Gasteiger partial charge in [-0.15, -0.1) is 0 Å². The van der Waals surface area contributed by atoms with E-state index in [4.69, 9.17) is 9.47 Å². The minimum Gasteiger partial charge on any atom is -0.462 e. The van der Waals surface area contributed by atoms with Crippen LogP contribution in [0.4, 0.5) is 0 Å². The number of aromatic nitrogens is 1. The molecule has 2 rings (SSSR count). The van der Waals surface area contributed by atoms with Crippen molar-refractivity contribution in [1.29, 1.82) is 0 Å². The number of nitrogens with one attached hydrogen (secondary N) is 5. The minimum absolute atomic E-state index is 0.0555. The first-order valence-corrected chi connectivity index (χ1v) is 30.1. The number of hydrogen-bond acceptors (Lipinski definition) is 9. The van der Waals surface area contributed by atoms with E-state index < -0.39 is 48.9 Å². The van der Waals surface area contributed by atoms with E-state index in [2.05, 4.69) is 47.0 Å². The van der Waals surface area contributed by atoms with Gasteiger partial charge in [-0.05, 0) is 49.7 Å². The van der Waals surface area contributed by atoms with E-state index in [1.165, 1.54) is 96.3 Å². The molecule has 1 aromatic carbocycles. The molecular formula is C61H105N5O9. The lowest BCUT2D eigenvalue weighted by Gasteiger charge is -2.24. The average Bonchev–Trinajstić information content (AvgIpc) is 3.81. The number of fused-ring (bicyclic) bond motifs is 1. The zero-order chi connectivity index (χ0) is 54.7. The quantitative estimate of drug-likeness (QED) is 0.0275. The molecule has 1 aromatic heterocycles. The Kier molecular flexibility index (Phi) is 39.0. The van der Waals surface area contributed by atoms with E-state index in [-0.39, 0.29) is 55.7 Å². The highest BCUT2D eigenvalue weighted by Gasteiger charge is 2.28. The summed E-state index contributed by atoms with van der Waals surface area (Å²) in [5, 5.41) is 22.3. The maximum Gasteiger partial charge on any atom is 0.306 e. The van der Waals surface area contributed by atoms with Gasteiger partial charge in [-0.3, -0.25) is 28.8 Å². The van der Waals surface area contributed by atoms with E-state index in [9.17, 15) is 33.9 Å².